The molecule has 3 fully saturated rings. The molecule has 34 nitrogen and oxygen atoms in total. The van der Waals surface area contributed by atoms with Crippen LogP contribution in [0.5, 0.6) is 0 Å². The highest BCUT2D eigenvalue weighted by Crippen LogP contribution is 2.25. The molecule has 15 atom stereocenters. The van der Waals surface area contributed by atoms with Crippen molar-refractivity contribution in [1.29, 1.82) is 0 Å². The van der Waals surface area contributed by atoms with E-state index in [0.717, 1.165) is 0 Å². The van der Waals surface area contributed by atoms with E-state index >= 15 is 0 Å². The van der Waals surface area contributed by atoms with Gasteiger partial charge in [-0.1, -0.05) is 13.8 Å². The number of ether oxygens (including phenoxy) is 9. The minimum Gasteiger partial charge on any atom is -0.394 e. The first-order chi connectivity index (χ1) is 44.1. The fourth-order valence-corrected chi connectivity index (χ4v) is 9.70. The van der Waals surface area contributed by atoms with E-state index in [2.05, 4.69) is 37.2 Å². The summed E-state index contributed by atoms with van der Waals surface area (Å²) in [5.74, 6) is -1.52. The van der Waals surface area contributed by atoms with Gasteiger partial charge in [-0.05, 0) is 57.8 Å². The summed E-state index contributed by atoms with van der Waals surface area (Å²) in [6, 6.07) is -0.126. The maximum absolute atomic E-state index is 12.8. The van der Waals surface area contributed by atoms with Crippen molar-refractivity contribution < 1.29 is 133 Å². The Morgan fingerprint density at radius 2 is 0.598 bits per heavy atom. The molecule has 19 N–H and O–H groups in total. The summed E-state index contributed by atoms with van der Waals surface area (Å²) in [5.41, 5.74) is -1.00. The van der Waals surface area contributed by atoms with Crippen LogP contribution in [-0.2, 0) is 71.4 Å². The normalized spacial score (nSPS) is 27.2. The van der Waals surface area contributed by atoms with Gasteiger partial charge < -0.3 is 141 Å². The van der Waals surface area contributed by atoms with Crippen LogP contribution in [0.4, 0.5) is 0 Å². The molecule has 34 heteroatoms. The molecule has 0 spiro atoms. The summed E-state index contributed by atoms with van der Waals surface area (Å²) in [4.78, 5) is 75.4. The molecule has 3 rings (SSSR count). The van der Waals surface area contributed by atoms with Crippen molar-refractivity contribution in [2.75, 3.05) is 119 Å². The smallest absolute Gasteiger partial charge is 0.222 e. The van der Waals surface area contributed by atoms with E-state index in [1.54, 1.807) is 0 Å². The summed E-state index contributed by atoms with van der Waals surface area (Å²) < 4.78 is 50.4. The zero-order chi connectivity index (χ0) is 67.8. The third-order valence-electron chi connectivity index (χ3n) is 14.9. The Labute approximate surface area is 536 Å². The van der Waals surface area contributed by atoms with E-state index in [0.29, 0.717) is 77.4 Å². The molecule has 536 valence electrons. The van der Waals surface area contributed by atoms with Crippen LogP contribution in [0, 0.1) is 0 Å². The van der Waals surface area contributed by atoms with Gasteiger partial charge in [0.1, 0.15) is 73.2 Å². The molecule has 92 heavy (non-hydrogen) atoms. The molecule has 0 aromatic heterocycles. The first-order valence-electron chi connectivity index (χ1n) is 31.9. The molecular formula is C58H107N7O27. The standard InChI is InChI=1S/C58H107N7O27/c1-36(2)65-58(33-84-27-15-43(72)62-21-9-18-59-40(69)12-3-6-24-87-55-52(81)49(78)46(75)37(30-66)90-55,34-85-28-16-44(73)63-22-10-19-60-41(70)13-4-7-25-88-56-53(82)50(79)47(76)38(31-67)91-56)35-86-29-17-45(74)64-23-11-20-61-42(71)14-5-8-26-89-57-54(83)51(80)48(77)39(32-68)92-57/h36-39,46-57,65-68,75-83H,3-35H2,1-2H3,(H,59,69)(H,60,70)(H,61,71)(H,62,72)(H,63,73)(H,64,74)/t37?,38?,39?,46-,47-,48-,49?,50?,51?,52?,53?,54?,55+,56+,57+,58?/m1/s1. The molecule has 3 heterocycles. The minimum absolute atomic E-state index is 0.00386. The summed E-state index contributed by atoms with van der Waals surface area (Å²) in [6.07, 6.45) is -16.2. The van der Waals surface area contributed by atoms with Crippen molar-refractivity contribution >= 4 is 35.4 Å². The second-order valence-electron chi connectivity index (χ2n) is 23.2. The van der Waals surface area contributed by atoms with Gasteiger partial charge in [0.15, 0.2) is 18.9 Å². The SMILES string of the molecule is CC(C)NC(COCCC(=O)NCCCNC(=O)CCCCO[C@H]1OC(CO)[C@@H](O)C(O)C1O)(COCCC(=O)NCCCNC(=O)CCCCO[C@H]1OC(CO)[C@@H](O)C(O)C1O)COCCC(=O)NCCCNC(=O)CCCCO[C@H]1OC(CO)[C@@H](O)C(O)C1O. The number of hydrogen-bond acceptors (Lipinski definition) is 28. The van der Waals surface area contributed by atoms with Crippen molar-refractivity contribution in [2.24, 2.45) is 0 Å². The third-order valence-corrected chi connectivity index (χ3v) is 14.9. The lowest BCUT2D eigenvalue weighted by atomic mass is 9.99. The predicted octanol–water partition coefficient (Wildman–Crippen LogP) is -7.23. The van der Waals surface area contributed by atoms with Gasteiger partial charge in [0.25, 0.3) is 0 Å². The lowest BCUT2D eigenvalue weighted by Gasteiger charge is -2.39. The van der Waals surface area contributed by atoms with Gasteiger partial charge in [-0.3, -0.25) is 28.8 Å². The Balaban J connectivity index is 1.36. The number of carbonyl (C=O) groups excluding carboxylic acids is 6. The van der Waals surface area contributed by atoms with Crippen molar-refractivity contribution in [1.82, 2.24) is 37.2 Å². The van der Waals surface area contributed by atoms with Gasteiger partial charge in [-0.25, -0.2) is 0 Å². The number of amides is 6. The number of hydrogen-bond donors (Lipinski definition) is 19. The molecule has 0 aliphatic carbocycles. The number of nitrogens with one attached hydrogen (secondary N) is 7. The van der Waals surface area contributed by atoms with Crippen LogP contribution < -0.4 is 37.2 Å². The van der Waals surface area contributed by atoms with E-state index in [9.17, 15) is 90.0 Å². The van der Waals surface area contributed by atoms with E-state index < -0.39 is 117 Å². The van der Waals surface area contributed by atoms with Gasteiger partial charge >= 0.3 is 0 Å². The van der Waals surface area contributed by atoms with Crippen LogP contribution in [0.3, 0.4) is 0 Å². The maximum atomic E-state index is 12.8. The predicted molar refractivity (Wildman–Crippen MR) is 320 cm³/mol. The molecule has 0 aromatic carbocycles. The van der Waals surface area contributed by atoms with Crippen LogP contribution in [0.15, 0.2) is 0 Å². The largest absolute Gasteiger partial charge is 0.394 e. The van der Waals surface area contributed by atoms with E-state index in [1.165, 1.54) is 0 Å². The molecule has 0 radical (unpaired) electrons. The monoisotopic (exact) mass is 1330 g/mol. The Kier molecular flexibility index (Phi) is 41.9. The molecule has 3 saturated heterocycles. The van der Waals surface area contributed by atoms with Crippen molar-refractivity contribution in [3.8, 4) is 0 Å². The van der Waals surface area contributed by atoms with Crippen LogP contribution in [0.2, 0.25) is 0 Å². The van der Waals surface area contributed by atoms with Gasteiger partial charge in [-0.15, -0.1) is 0 Å². The first-order valence-corrected chi connectivity index (χ1v) is 31.9. The van der Waals surface area contributed by atoms with Crippen molar-refractivity contribution in [3.05, 3.63) is 0 Å². The second kappa shape index (κ2) is 47.0. The quantitative estimate of drug-likeness (QED) is 0.0252. The Morgan fingerprint density at radius 1 is 0.348 bits per heavy atom. The average molecular weight is 1330 g/mol. The number of carbonyl (C=O) groups is 6. The average Bonchev–Trinajstić information content (AvgIpc) is 0.908. The fraction of sp³-hybridized carbons (Fsp3) is 0.897. The minimum atomic E-state index is -1.55. The van der Waals surface area contributed by atoms with Crippen LogP contribution in [0.25, 0.3) is 0 Å². The van der Waals surface area contributed by atoms with Crippen LogP contribution in [0.1, 0.15) is 110 Å². The Hall–Kier alpha value is -4.06. The molecule has 0 aromatic rings. The summed E-state index contributed by atoms with van der Waals surface area (Å²) in [7, 11) is 0. The zero-order valence-corrected chi connectivity index (χ0v) is 53.1. The highest BCUT2D eigenvalue weighted by molar-refractivity contribution is 5.78. The number of unbranched alkanes of at least 4 members (excludes halogenated alkanes) is 3. The van der Waals surface area contributed by atoms with Gasteiger partial charge in [-0.2, -0.15) is 0 Å². The highest BCUT2D eigenvalue weighted by atomic mass is 16.7. The van der Waals surface area contributed by atoms with E-state index in [-0.39, 0.29) is 159 Å². The summed E-state index contributed by atoms with van der Waals surface area (Å²) in [5, 5.41) is 138. The Morgan fingerprint density at radius 3 is 0.837 bits per heavy atom. The number of aliphatic hydroxyl groups is 12. The molecule has 6 amide bonds. The summed E-state index contributed by atoms with van der Waals surface area (Å²) in [6.45, 7) is 4.16. The highest BCUT2D eigenvalue weighted by Gasteiger charge is 2.46. The topological polar surface area (TPSA) is 512 Å². The second-order valence-corrected chi connectivity index (χ2v) is 23.2. The third kappa shape index (κ3) is 32.1. The maximum Gasteiger partial charge on any atom is 0.222 e. The fourth-order valence-electron chi connectivity index (χ4n) is 9.70. The van der Waals surface area contributed by atoms with Crippen LogP contribution >= 0.6 is 0 Å². The molecule has 3 aliphatic rings. The number of aliphatic hydroxyl groups excluding tert-OH is 12. The Bertz CT molecular complexity index is 1850. The molecule has 9 unspecified atom stereocenters. The lowest BCUT2D eigenvalue weighted by Crippen LogP contribution is -2.59. The lowest BCUT2D eigenvalue weighted by molar-refractivity contribution is -0.301. The number of rotatable bonds is 50. The van der Waals surface area contributed by atoms with Gasteiger partial charge in [0.2, 0.25) is 35.4 Å². The van der Waals surface area contributed by atoms with Crippen LogP contribution in [-0.4, -0.2) is 319 Å². The van der Waals surface area contributed by atoms with Crippen molar-refractivity contribution in [2.45, 2.75) is 214 Å². The molecule has 0 saturated carbocycles. The van der Waals surface area contributed by atoms with E-state index in [1.807, 2.05) is 13.8 Å². The first kappa shape index (κ1) is 82.2. The molecular weight excluding hydrogens is 1230 g/mol. The van der Waals surface area contributed by atoms with Crippen molar-refractivity contribution in [3.63, 3.8) is 0 Å². The molecule has 3 aliphatic heterocycles. The van der Waals surface area contributed by atoms with E-state index in [4.69, 9.17) is 42.6 Å². The summed E-state index contributed by atoms with van der Waals surface area (Å²) >= 11 is 0. The van der Waals surface area contributed by atoms with Gasteiger partial charge in [0, 0.05) is 104 Å². The van der Waals surface area contributed by atoms with Gasteiger partial charge in [0.05, 0.1) is 65.0 Å². The molecule has 0 bridgehead atoms. The zero-order valence-electron chi connectivity index (χ0n) is 53.1.